The van der Waals surface area contributed by atoms with Gasteiger partial charge in [-0.15, -0.1) is 0 Å². The standard InChI is InChI=1S/C10H22N/c1-4-7-10(11,8-5-2)9-6-3/h11H,4-9H2,1-3H3. The maximum Gasteiger partial charge on any atom is 0.0323 e. The summed E-state index contributed by atoms with van der Waals surface area (Å²) in [6.07, 6.45) is 6.70. The average Bonchev–Trinajstić information content (AvgIpc) is 1.88. The molecule has 0 aromatic rings. The van der Waals surface area contributed by atoms with Crippen LogP contribution in [0.1, 0.15) is 59.3 Å². The minimum Gasteiger partial charge on any atom is -0.251 e. The SMILES string of the molecule is CCCC([NH])(CCC)CCC. The van der Waals surface area contributed by atoms with Gasteiger partial charge in [0.25, 0.3) is 0 Å². The van der Waals surface area contributed by atoms with Crippen LogP contribution in [0.3, 0.4) is 0 Å². The van der Waals surface area contributed by atoms with Crippen molar-refractivity contribution in [3.05, 3.63) is 0 Å². The predicted octanol–water partition coefficient (Wildman–Crippen LogP) is 3.41. The summed E-state index contributed by atoms with van der Waals surface area (Å²) < 4.78 is 0. The highest BCUT2D eigenvalue weighted by atomic mass is 14.7. The number of rotatable bonds is 6. The van der Waals surface area contributed by atoms with Crippen LogP contribution in [-0.4, -0.2) is 5.54 Å². The molecule has 1 radical (unpaired) electrons. The van der Waals surface area contributed by atoms with E-state index in [1.165, 1.54) is 0 Å². The summed E-state index contributed by atoms with van der Waals surface area (Å²) in [6, 6.07) is 0. The molecule has 0 unspecified atom stereocenters. The van der Waals surface area contributed by atoms with Crippen LogP contribution >= 0.6 is 0 Å². The van der Waals surface area contributed by atoms with Crippen molar-refractivity contribution in [2.45, 2.75) is 64.8 Å². The fourth-order valence-corrected chi connectivity index (χ4v) is 1.81. The molecular formula is C10H22N. The lowest BCUT2D eigenvalue weighted by molar-refractivity contribution is 0.318. The van der Waals surface area contributed by atoms with Gasteiger partial charge in [0.2, 0.25) is 0 Å². The second-order valence-corrected chi connectivity index (χ2v) is 3.53. The highest BCUT2D eigenvalue weighted by Crippen LogP contribution is 2.23. The Labute approximate surface area is 71.4 Å². The molecule has 1 nitrogen and oxygen atoms in total. The molecule has 0 aliphatic rings. The monoisotopic (exact) mass is 156 g/mol. The van der Waals surface area contributed by atoms with Crippen LogP contribution in [0.2, 0.25) is 0 Å². The van der Waals surface area contributed by atoms with Gasteiger partial charge in [-0.2, -0.15) is 0 Å². The summed E-state index contributed by atoms with van der Waals surface area (Å²) in [5.74, 6) is 0. The van der Waals surface area contributed by atoms with E-state index in [1.807, 2.05) is 0 Å². The Hall–Kier alpha value is -0.0400. The first-order valence-electron chi connectivity index (χ1n) is 4.93. The van der Waals surface area contributed by atoms with Crippen molar-refractivity contribution in [2.75, 3.05) is 0 Å². The lowest BCUT2D eigenvalue weighted by atomic mass is 9.86. The van der Waals surface area contributed by atoms with Gasteiger partial charge in [0.15, 0.2) is 0 Å². The number of hydrogen-bond donors (Lipinski definition) is 0. The van der Waals surface area contributed by atoms with Gasteiger partial charge in [-0.05, 0) is 19.3 Å². The predicted molar refractivity (Wildman–Crippen MR) is 50.6 cm³/mol. The van der Waals surface area contributed by atoms with Crippen LogP contribution in [0.5, 0.6) is 0 Å². The summed E-state index contributed by atoms with van der Waals surface area (Å²) in [5.41, 5.74) is 8.02. The Morgan fingerprint density at radius 2 is 1.09 bits per heavy atom. The van der Waals surface area contributed by atoms with E-state index in [0.29, 0.717) is 0 Å². The number of hydrogen-bond acceptors (Lipinski definition) is 0. The van der Waals surface area contributed by atoms with Crippen molar-refractivity contribution in [1.29, 1.82) is 0 Å². The number of nitrogens with one attached hydrogen (secondary N) is 1. The molecule has 0 spiro atoms. The van der Waals surface area contributed by atoms with Crippen molar-refractivity contribution in [3.8, 4) is 0 Å². The normalized spacial score (nSPS) is 12.0. The fraction of sp³-hybridized carbons (Fsp3) is 1.00. The molecule has 0 aromatic heterocycles. The van der Waals surface area contributed by atoms with E-state index < -0.39 is 0 Å². The Balaban J connectivity index is 3.79. The average molecular weight is 156 g/mol. The minimum absolute atomic E-state index is 0.0990. The van der Waals surface area contributed by atoms with Gasteiger partial charge in [-0.25, -0.2) is 0 Å². The Morgan fingerprint density at radius 1 is 0.818 bits per heavy atom. The van der Waals surface area contributed by atoms with Crippen LogP contribution in [0.25, 0.3) is 0 Å². The van der Waals surface area contributed by atoms with Crippen molar-refractivity contribution < 1.29 is 0 Å². The molecule has 0 saturated carbocycles. The highest BCUT2D eigenvalue weighted by molar-refractivity contribution is 4.81. The molecule has 0 rings (SSSR count). The zero-order valence-corrected chi connectivity index (χ0v) is 8.24. The summed E-state index contributed by atoms with van der Waals surface area (Å²) in [6.45, 7) is 6.53. The molecule has 0 bridgehead atoms. The maximum atomic E-state index is 8.12. The molecule has 0 amide bonds. The third kappa shape index (κ3) is 4.41. The molecule has 1 N–H and O–H groups in total. The molecule has 0 saturated heterocycles. The van der Waals surface area contributed by atoms with Crippen LogP contribution < -0.4 is 5.73 Å². The summed E-state index contributed by atoms with van der Waals surface area (Å²) in [7, 11) is 0. The first kappa shape index (κ1) is 11.0. The van der Waals surface area contributed by atoms with Gasteiger partial charge in [-0.3, -0.25) is 5.73 Å². The second-order valence-electron chi connectivity index (χ2n) is 3.53. The van der Waals surface area contributed by atoms with E-state index in [4.69, 9.17) is 5.73 Å². The van der Waals surface area contributed by atoms with Crippen molar-refractivity contribution in [3.63, 3.8) is 0 Å². The molecule has 67 valence electrons. The smallest absolute Gasteiger partial charge is 0.0323 e. The maximum absolute atomic E-state index is 8.12. The Kier molecular flexibility index (Phi) is 5.57. The largest absolute Gasteiger partial charge is 0.251 e. The van der Waals surface area contributed by atoms with E-state index in [9.17, 15) is 0 Å². The zero-order chi connectivity index (χ0) is 8.74. The third-order valence-corrected chi connectivity index (χ3v) is 2.19. The van der Waals surface area contributed by atoms with E-state index in [2.05, 4.69) is 20.8 Å². The Bertz CT molecular complexity index is 71.9. The molecular weight excluding hydrogens is 134 g/mol. The van der Waals surface area contributed by atoms with Gasteiger partial charge < -0.3 is 0 Å². The van der Waals surface area contributed by atoms with Gasteiger partial charge in [0.05, 0.1) is 0 Å². The topological polar surface area (TPSA) is 23.8 Å². The molecule has 0 atom stereocenters. The van der Waals surface area contributed by atoms with Crippen LogP contribution in [0, 0.1) is 0 Å². The van der Waals surface area contributed by atoms with Crippen LogP contribution in [-0.2, 0) is 0 Å². The van der Waals surface area contributed by atoms with E-state index in [1.54, 1.807) is 0 Å². The Morgan fingerprint density at radius 3 is 1.27 bits per heavy atom. The van der Waals surface area contributed by atoms with E-state index in [-0.39, 0.29) is 5.54 Å². The van der Waals surface area contributed by atoms with E-state index in [0.717, 1.165) is 38.5 Å². The van der Waals surface area contributed by atoms with Gasteiger partial charge in [0, 0.05) is 5.54 Å². The van der Waals surface area contributed by atoms with Crippen molar-refractivity contribution in [1.82, 2.24) is 5.73 Å². The molecule has 0 aliphatic carbocycles. The second kappa shape index (κ2) is 5.59. The molecule has 0 heterocycles. The van der Waals surface area contributed by atoms with Gasteiger partial charge in [0.1, 0.15) is 0 Å². The highest BCUT2D eigenvalue weighted by Gasteiger charge is 2.21. The summed E-state index contributed by atoms with van der Waals surface area (Å²) in [5, 5.41) is 0. The van der Waals surface area contributed by atoms with Crippen LogP contribution in [0.15, 0.2) is 0 Å². The lowest BCUT2D eigenvalue weighted by Crippen LogP contribution is -2.29. The summed E-state index contributed by atoms with van der Waals surface area (Å²) >= 11 is 0. The summed E-state index contributed by atoms with van der Waals surface area (Å²) in [4.78, 5) is 0. The molecule has 0 aliphatic heterocycles. The molecule has 0 fully saturated rings. The minimum atomic E-state index is -0.0990. The molecule has 11 heavy (non-hydrogen) atoms. The first-order valence-corrected chi connectivity index (χ1v) is 4.93. The third-order valence-electron chi connectivity index (χ3n) is 2.19. The quantitative estimate of drug-likeness (QED) is 0.563. The van der Waals surface area contributed by atoms with E-state index >= 15 is 0 Å². The van der Waals surface area contributed by atoms with Crippen molar-refractivity contribution >= 4 is 0 Å². The first-order chi connectivity index (χ1) is 5.18. The molecule has 1 heteroatoms. The molecule has 0 aromatic carbocycles. The zero-order valence-electron chi connectivity index (χ0n) is 8.24. The van der Waals surface area contributed by atoms with Crippen molar-refractivity contribution in [2.24, 2.45) is 0 Å². The lowest BCUT2D eigenvalue weighted by Gasteiger charge is -2.27. The fourth-order valence-electron chi connectivity index (χ4n) is 1.81. The van der Waals surface area contributed by atoms with Gasteiger partial charge >= 0.3 is 0 Å². The van der Waals surface area contributed by atoms with Crippen LogP contribution in [0.4, 0.5) is 0 Å². The van der Waals surface area contributed by atoms with Gasteiger partial charge in [-0.1, -0.05) is 40.0 Å².